The van der Waals surface area contributed by atoms with Gasteiger partial charge in [-0.25, -0.2) is 0 Å². The molecule has 0 amide bonds. The summed E-state index contributed by atoms with van der Waals surface area (Å²) < 4.78 is 0. The van der Waals surface area contributed by atoms with Gasteiger partial charge in [0.15, 0.2) is 0 Å². The smallest absolute Gasteiger partial charge is 0.0200 e. The SMILES string of the molecule is CCCCC#CC(CC)CCC. The van der Waals surface area contributed by atoms with Gasteiger partial charge < -0.3 is 0 Å². The lowest BCUT2D eigenvalue weighted by Gasteiger charge is -2.03. The van der Waals surface area contributed by atoms with Crippen molar-refractivity contribution in [2.45, 2.75) is 59.3 Å². The molecule has 0 heterocycles. The van der Waals surface area contributed by atoms with Gasteiger partial charge in [-0.3, -0.25) is 0 Å². The van der Waals surface area contributed by atoms with Crippen LogP contribution in [0.4, 0.5) is 0 Å². The molecule has 0 aromatic rings. The summed E-state index contributed by atoms with van der Waals surface area (Å²) in [7, 11) is 0. The van der Waals surface area contributed by atoms with Gasteiger partial charge in [-0.15, -0.1) is 5.92 Å². The van der Waals surface area contributed by atoms with Gasteiger partial charge in [-0.2, -0.15) is 0 Å². The second kappa shape index (κ2) is 8.65. The minimum Gasteiger partial charge on any atom is -0.103 e. The highest BCUT2D eigenvalue weighted by Gasteiger charge is 1.97. The first kappa shape index (κ1) is 11.6. The van der Waals surface area contributed by atoms with Crippen molar-refractivity contribution in [3.05, 3.63) is 0 Å². The molecule has 12 heavy (non-hydrogen) atoms. The molecule has 0 saturated heterocycles. The Kier molecular flexibility index (Phi) is 8.34. The second-order valence-electron chi connectivity index (χ2n) is 3.32. The highest BCUT2D eigenvalue weighted by atomic mass is 14.0. The predicted molar refractivity (Wildman–Crippen MR) is 56.0 cm³/mol. The molecule has 0 fully saturated rings. The third-order valence-corrected chi connectivity index (χ3v) is 2.09. The fourth-order valence-corrected chi connectivity index (χ4v) is 1.21. The van der Waals surface area contributed by atoms with E-state index in [9.17, 15) is 0 Å². The molecule has 0 radical (unpaired) electrons. The highest BCUT2D eigenvalue weighted by Crippen LogP contribution is 2.08. The van der Waals surface area contributed by atoms with Crippen LogP contribution >= 0.6 is 0 Å². The molecule has 0 spiro atoms. The van der Waals surface area contributed by atoms with E-state index in [-0.39, 0.29) is 0 Å². The average molecular weight is 166 g/mol. The van der Waals surface area contributed by atoms with Crippen LogP contribution in [0, 0.1) is 17.8 Å². The molecule has 0 bridgehead atoms. The van der Waals surface area contributed by atoms with Crippen molar-refractivity contribution in [2.24, 2.45) is 5.92 Å². The van der Waals surface area contributed by atoms with Crippen LogP contribution in [0.25, 0.3) is 0 Å². The number of unbranched alkanes of at least 4 members (excludes halogenated alkanes) is 2. The predicted octanol–water partition coefficient (Wildman–Crippen LogP) is 4.01. The summed E-state index contributed by atoms with van der Waals surface area (Å²) in [6.45, 7) is 6.68. The van der Waals surface area contributed by atoms with Crippen molar-refractivity contribution in [1.29, 1.82) is 0 Å². The molecule has 0 aliphatic carbocycles. The molecule has 0 aliphatic heterocycles. The van der Waals surface area contributed by atoms with E-state index in [1.54, 1.807) is 0 Å². The highest BCUT2D eigenvalue weighted by molar-refractivity contribution is 5.03. The van der Waals surface area contributed by atoms with Crippen molar-refractivity contribution in [1.82, 2.24) is 0 Å². The zero-order valence-corrected chi connectivity index (χ0v) is 8.82. The Morgan fingerprint density at radius 3 is 2.33 bits per heavy atom. The molecule has 0 N–H and O–H groups in total. The summed E-state index contributed by atoms with van der Waals surface area (Å²) in [5, 5.41) is 0. The van der Waals surface area contributed by atoms with E-state index in [4.69, 9.17) is 0 Å². The average Bonchev–Trinajstić information content (AvgIpc) is 2.10. The standard InChI is InChI=1S/C12H22/c1-4-7-8-9-11-12(6-3)10-5-2/h12H,4-8,10H2,1-3H3. The van der Waals surface area contributed by atoms with Crippen molar-refractivity contribution >= 4 is 0 Å². The molecule has 1 unspecified atom stereocenters. The quantitative estimate of drug-likeness (QED) is 0.427. The second-order valence-corrected chi connectivity index (χ2v) is 3.32. The number of hydrogen-bond acceptors (Lipinski definition) is 0. The summed E-state index contributed by atoms with van der Waals surface area (Å²) >= 11 is 0. The Hall–Kier alpha value is -0.440. The molecule has 0 aromatic carbocycles. The van der Waals surface area contributed by atoms with Crippen LogP contribution in [0.1, 0.15) is 59.3 Å². The molecule has 1 atom stereocenters. The number of rotatable bonds is 5. The van der Waals surface area contributed by atoms with Gasteiger partial charge in [0.25, 0.3) is 0 Å². The summed E-state index contributed by atoms with van der Waals surface area (Å²) in [6, 6.07) is 0. The van der Waals surface area contributed by atoms with Gasteiger partial charge in [0.1, 0.15) is 0 Å². The Morgan fingerprint density at radius 1 is 1.08 bits per heavy atom. The molecule has 0 heteroatoms. The minimum atomic E-state index is 0.659. The van der Waals surface area contributed by atoms with E-state index < -0.39 is 0 Å². The normalized spacial score (nSPS) is 11.9. The number of hydrogen-bond donors (Lipinski definition) is 0. The molecule has 70 valence electrons. The van der Waals surface area contributed by atoms with Crippen molar-refractivity contribution < 1.29 is 0 Å². The first-order valence-corrected chi connectivity index (χ1v) is 5.33. The minimum absolute atomic E-state index is 0.659. The molecule has 0 rings (SSSR count). The zero-order valence-electron chi connectivity index (χ0n) is 8.82. The maximum atomic E-state index is 3.36. The lowest BCUT2D eigenvalue weighted by Crippen LogP contribution is -1.93. The molecule has 0 nitrogen and oxygen atoms in total. The van der Waals surface area contributed by atoms with E-state index in [0.29, 0.717) is 5.92 Å². The largest absolute Gasteiger partial charge is 0.103 e. The lowest BCUT2D eigenvalue weighted by atomic mass is 10.0. The molecule has 0 aromatic heterocycles. The van der Waals surface area contributed by atoms with Crippen LogP contribution in [0.3, 0.4) is 0 Å². The fourth-order valence-electron chi connectivity index (χ4n) is 1.21. The van der Waals surface area contributed by atoms with E-state index >= 15 is 0 Å². The maximum absolute atomic E-state index is 3.36. The van der Waals surface area contributed by atoms with Gasteiger partial charge in [0.05, 0.1) is 0 Å². The van der Waals surface area contributed by atoms with Crippen LogP contribution < -0.4 is 0 Å². The van der Waals surface area contributed by atoms with Crippen LogP contribution in [-0.2, 0) is 0 Å². The van der Waals surface area contributed by atoms with Crippen LogP contribution in [0.2, 0.25) is 0 Å². The van der Waals surface area contributed by atoms with Crippen LogP contribution in [0.5, 0.6) is 0 Å². The lowest BCUT2D eigenvalue weighted by molar-refractivity contribution is 0.580. The molecule has 0 saturated carbocycles. The van der Waals surface area contributed by atoms with Crippen molar-refractivity contribution in [2.75, 3.05) is 0 Å². The van der Waals surface area contributed by atoms with E-state index in [1.165, 1.54) is 32.1 Å². The summed E-state index contributed by atoms with van der Waals surface area (Å²) in [6.07, 6.45) is 7.37. The zero-order chi connectivity index (χ0) is 9.23. The van der Waals surface area contributed by atoms with Gasteiger partial charge in [-0.05, 0) is 19.3 Å². The Morgan fingerprint density at radius 2 is 1.83 bits per heavy atom. The topological polar surface area (TPSA) is 0 Å². The van der Waals surface area contributed by atoms with Gasteiger partial charge in [0.2, 0.25) is 0 Å². The van der Waals surface area contributed by atoms with Crippen molar-refractivity contribution in [3.8, 4) is 11.8 Å². The molecular weight excluding hydrogens is 144 g/mol. The first-order valence-electron chi connectivity index (χ1n) is 5.33. The van der Waals surface area contributed by atoms with Crippen LogP contribution in [-0.4, -0.2) is 0 Å². The van der Waals surface area contributed by atoms with Gasteiger partial charge in [-0.1, -0.05) is 39.5 Å². The summed E-state index contributed by atoms with van der Waals surface area (Å²) in [5.41, 5.74) is 0. The Labute approximate surface area is 77.8 Å². The summed E-state index contributed by atoms with van der Waals surface area (Å²) in [4.78, 5) is 0. The third-order valence-electron chi connectivity index (χ3n) is 2.09. The van der Waals surface area contributed by atoms with E-state index in [2.05, 4.69) is 32.6 Å². The van der Waals surface area contributed by atoms with Crippen molar-refractivity contribution in [3.63, 3.8) is 0 Å². The fraction of sp³-hybridized carbons (Fsp3) is 0.833. The first-order chi connectivity index (χ1) is 5.85. The van der Waals surface area contributed by atoms with Gasteiger partial charge in [0, 0.05) is 12.3 Å². The monoisotopic (exact) mass is 166 g/mol. The van der Waals surface area contributed by atoms with E-state index in [1.807, 2.05) is 0 Å². The Balaban J connectivity index is 3.56. The Bertz CT molecular complexity index is 136. The van der Waals surface area contributed by atoms with E-state index in [0.717, 1.165) is 6.42 Å². The van der Waals surface area contributed by atoms with Crippen LogP contribution in [0.15, 0.2) is 0 Å². The maximum Gasteiger partial charge on any atom is 0.0200 e. The van der Waals surface area contributed by atoms with Gasteiger partial charge >= 0.3 is 0 Å². The summed E-state index contributed by atoms with van der Waals surface area (Å²) in [5.74, 6) is 7.29. The molecule has 0 aliphatic rings. The molecular formula is C12H22. The third kappa shape index (κ3) is 6.28.